The minimum atomic E-state index is -0.293. The average molecular weight is 182 g/mol. The number of rotatable bonds is 4. The molecule has 0 radical (unpaired) electrons. The van der Waals surface area contributed by atoms with Gasteiger partial charge in [-0.05, 0) is 24.0 Å². The Morgan fingerprint density at radius 1 is 1.33 bits per heavy atom. The molecule has 0 heterocycles. The van der Waals surface area contributed by atoms with Gasteiger partial charge in [-0.3, -0.25) is 0 Å². The molecule has 2 heteroatoms. The third-order valence-electron chi connectivity index (χ3n) is 1.78. The lowest BCUT2D eigenvalue weighted by Crippen LogP contribution is -1.97. The molecule has 0 aliphatic rings. The molecule has 1 N–H and O–H groups in total. The Labute approximate surface area is 77.8 Å². The molecule has 1 aromatic rings. The molecule has 0 fully saturated rings. The van der Waals surface area contributed by atoms with E-state index in [0.717, 1.165) is 17.7 Å². The summed E-state index contributed by atoms with van der Waals surface area (Å²) in [7, 11) is 0. The van der Waals surface area contributed by atoms with Crippen molar-refractivity contribution < 1.29 is 5.11 Å². The van der Waals surface area contributed by atoms with E-state index in [0.29, 0.717) is 0 Å². The Hall–Kier alpha value is -0.470. The zero-order chi connectivity index (χ0) is 8.81. The number of benzene rings is 1. The number of hydrogen-bond donors (Lipinski definition) is 1. The number of aliphatic hydroxyl groups is 1. The van der Waals surface area contributed by atoms with Crippen molar-refractivity contribution in [3.63, 3.8) is 0 Å². The van der Waals surface area contributed by atoms with Crippen molar-refractivity contribution in [2.75, 3.05) is 12.0 Å². The molecule has 1 nitrogen and oxygen atoms in total. The summed E-state index contributed by atoms with van der Waals surface area (Å²) in [5.41, 5.74) is 1.02. The van der Waals surface area contributed by atoms with Crippen LogP contribution in [0.15, 0.2) is 30.3 Å². The second kappa shape index (κ2) is 5.22. The normalized spacial score (nSPS) is 12.8. The molecule has 0 aromatic heterocycles. The van der Waals surface area contributed by atoms with Crippen LogP contribution in [-0.2, 0) is 0 Å². The fraction of sp³-hybridized carbons (Fsp3) is 0.400. The molecular formula is C10H14OS. The predicted octanol–water partition coefficient (Wildman–Crippen LogP) is 2.47. The summed E-state index contributed by atoms with van der Waals surface area (Å²) in [5.74, 6) is 1.01. The summed E-state index contributed by atoms with van der Waals surface area (Å²) in [6.07, 6.45) is 2.60. The molecule has 0 aliphatic carbocycles. The first-order valence-electron chi connectivity index (χ1n) is 4.06. The molecule has 0 unspecified atom stereocenters. The maximum atomic E-state index is 9.64. The molecule has 0 spiro atoms. The smallest absolute Gasteiger partial charge is 0.0797 e. The summed E-state index contributed by atoms with van der Waals surface area (Å²) in [6.45, 7) is 0. The SMILES string of the molecule is CSCC[C@@H](O)c1ccccc1. The van der Waals surface area contributed by atoms with Crippen molar-refractivity contribution in [2.24, 2.45) is 0 Å². The molecule has 1 atom stereocenters. The van der Waals surface area contributed by atoms with Crippen LogP contribution < -0.4 is 0 Å². The second-order valence-corrected chi connectivity index (χ2v) is 3.69. The first-order valence-corrected chi connectivity index (χ1v) is 5.46. The van der Waals surface area contributed by atoms with Gasteiger partial charge in [0, 0.05) is 0 Å². The third kappa shape index (κ3) is 2.88. The van der Waals surface area contributed by atoms with Crippen LogP contribution >= 0.6 is 11.8 Å². The van der Waals surface area contributed by atoms with Gasteiger partial charge in [-0.2, -0.15) is 11.8 Å². The molecular weight excluding hydrogens is 168 g/mol. The van der Waals surface area contributed by atoms with Crippen LogP contribution in [0.25, 0.3) is 0 Å². The molecule has 0 saturated carbocycles. The molecule has 0 bridgehead atoms. The van der Waals surface area contributed by atoms with Crippen LogP contribution in [0, 0.1) is 0 Å². The van der Waals surface area contributed by atoms with Gasteiger partial charge in [-0.25, -0.2) is 0 Å². The molecule has 0 saturated heterocycles. The van der Waals surface area contributed by atoms with Gasteiger partial charge in [0.25, 0.3) is 0 Å². The third-order valence-corrected chi connectivity index (χ3v) is 2.42. The van der Waals surface area contributed by atoms with E-state index >= 15 is 0 Å². The van der Waals surface area contributed by atoms with E-state index in [-0.39, 0.29) is 6.10 Å². The maximum Gasteiger partial charge on any atom is 0.0797 e. The second-order valence-electron chi connectivity index (χ2n) is 2.71. The van der Waals surface area contributed by atoms with E-state index in [1.165, 1.54) is 0 Å². The van der Waals surface area contributed by atoms with Gasteiger partial charge in [-0.15, -0.1) is 0 Å². The fourth-order valence-corrected chi connectivity index (χ4v) is 1.53. The van der Waals surface area contributed by atoms with E-state index in [4.69, 9.17) is 0 Å². The first-order chi connectivity index (χ1) is 5.84. The summed E-state index contributed by atoms with van der Waals surface area (Å²) in [4.78, 5) is 0. The lowest BCUT2D eigenvalue weighted by molar-refractivity contribution is 0.175. The molecule has 12 heavy (non-hydrogen) atoms. The van der Waals surface area contributed by atoms with E-state index < -0.39 is 0 Å². The van der Waals surface area contributed by atoms with Crippen molar-refractivity contribution >= 4 is 11.8 Å². The highest BCUT2D eigenvalue weighted by Crippen LogP contribution is 2.17. The molecule has 0 amide bonds. The highest BCUT2D eigenvalue weighted by molar-refractivity contribution is 7.98. The highest BCUT2D eigenvalue weighted by atomic mass is 32.2. The lowest BCUT2D eigenvalue weighted by atomic mass is 10.1. The van der Waals surface area contributed by atoms with Crippen molar-refractivity contribution in [3.05, 3.63) is 35.9 Å². The number of aliphatic hydroxyl groups excluding tert-OH is 1. The lowest BCUT2D eigenvalue weighted by Gasteiger charge is -2.08. The Morgan fingerprint density at radius 2 is 2.00 bits per heavy atom. The Morgan fingerprint density at radius 3 is 2.58 bits per heavy atom. The van der Waals surface area contributed by atoms with E-state index in [9.17, 15) is 5.11 Å². The predicted molar refractivity (Wildman–Crippen MR) is 54.4 cm³/mol. The molecule has 1 aromatic carbocycles. The van der Waals surface area contributed by atoms with Crippen LogP contribution in [-0.4, -0.2) is 17.1 Å². The largest absolute Gasteiger partial charge is 0.388 e. The van der Waals surface area contributed by atoms with Gasteiger partial charge >= 0.3 is 0 Å². The van der Waals surface area contributed by atoms with E-state index in [2.05, 4.69) is 6.26 Å². The molecule has 66 valence electrons. The maximum absolute atomic E-state index is 9.64. The first kappa shape index (κ1) is 9.62. The topological polar surface area (TPSA) is 20.2 Å². The van der Waals surface area contributed by atoms with Gasteiger partial charge in [0.1, 0.15) is 0 Å². The van der Waals surface area contributed by atoms with Crippen molar-refractivity contribution in [1.82, 2.24) is 0 Å². The Kier molecular flexibility index (Phi) is 4.19. The zero-order valence-corrected chi connectivity index (χ0v) is 8.05. The zero-order valence-electron chi connectivity index (χ0n) is 7.23. The van der Waals surface area contributed by atoms with Gasteiger partial charge in [0.05, 0.1) is 6.10 Å². The van der Waals surface area contributed by atoms with Gasteiger partial charge < -0.3 is 5.11 Å². The van der Waals surface area contributed by atoms with Crippen LogP contribution in [0.2, 0.25) is 0 Å². The standard InChI is InChI=1S/C10H14OS/c1-12-8-7-10(11)9-5-3-2-4-6-9/h2-6,10-11H,7-8H2,1H3/t10-/m1/s1. The average Bonchev–Trinajstić information content (AvgIpc) is 2.15. The van der Waals surface area contributed by atoms with Crippen LogP contribution in [0.4, 0.5) is 0 Å². The summed E-state index contributed by atoms with van der Waals surface area (Å²) in [6, 6.07) is 9.80. The highest BCUT2D eigenvalue weighted by Gasteiger charge is 2.04. The monoisotopic (exact) mass is 182 g/mol. The van der Waals surface area contributed by atoms with Gasteiger partial charge in [0.2, 0.25) is 0 Å². The fourth-order valence-electron chi connectivity index (χ4n) is 1.07. The van der Waals surface area contributed by atoms with Gasteiger partial charge in [0.15, 0.2) is 0 Å². The molecule has 0 aliphatic heterocycles. The molecule has 1 rings (SSSR count). The minimum absolute atomic E-state index is 0.293. The van der Waals surface area contributed by atoms with E-state index in [1.807, 2.05) is 30.3 Å². The Bertz CT molecular complexity index is 210. The van der Waals surface area contributed by atoms with Crippen LogP contribution in [0.5, 0.6) is 0 Å². The Balaban J connectivity index is 2.48. The minimum Gasteiger partial charge on any atom is -0.388 e. The van der Waals surface area contributed by atoms with Crippen molar-refractivity contribution in [3.8, 4) is 0 Å². The van der Waals surface area contributed by atoms with E-state index in [1.54, 1.807) is 11.8 Å². The summed E-state index contributed by atoms with van der Waals surface area (Å²) >= 11 is 1.76. The number of hydrogen-bond acceptors (Lipinski definition) is 2. The quantitative estimate of drug-likeness (QED) is 0.772. The van der Waals surface area contributed by atoms with Crippen molar-refractivity contribution in [2.45, 2.75) is 12.5 Å². The van der Waals surface area contributed by atoms with Crippen LogP contribution in [0.1, 0.15) is 18.1 Å². The van der Waals surface area contributed by atoms with Gasteiger partial charge in [-0.1, -0.05) is 30.3 Å². The summed E-state index contributed by atoms with van der Waals surface area (Å²) < 4.78 is 0. The van der Waals surface area contributed by atoms with Crippen LogP contribution in [0.3, 0.4) is 0 Å². The van der Waals surface area contributed by atoms with Crippen molar-refractivity contribution in [1.29, 1.82) is 0 Å². The number of thioether (sulfide) groups is 1. The summed E-state index contributed by atoms with van der Waals surface area (Å²) in [5, 5.41) is 9.64.